The van der Waals surface area contributed by atoms with Crippen molar-refractivity contribution in [2.45, 2.75) is 53.4 Å². The number of hydrogen-bond acceptors (Lipinski definition) is 1. The van der Waals surface area contributed by atoms with Gasteiger partial charge in [-0.1, -0.05) is 38.8 Å². The largest absolute Gasteiger partial charge is 0.481 e. The second kappa shape index (κ2) is 3.86. The minimum absolute atomic E-state index is 0.0492. The van der Waals surface area contributed by atoms with Gasteiger partial charge in [-0.2, -0.15) is 0 Å². The SMILES string of the molecule is CC1=CC[C@H]2C(C)(C)CCC[C@]2(C)[C@H]1C(=O)O. The van der Waals surface area contributed by atoms with Crippen molar-refractivity contribution in [1.29, 1.82) is 0 Å². The van der Waals surface area contributed by atoms with Crippen LogP contribution in [-0.2, 0) is 4.79 Å². The van der Waals surface area contributed by atoms with Crippen molar-refractivity contribution in [3.63, 3.8) is 0 Å². The molecule has 0 amide bonds. The molecule has 3 atom stereocenters. The van der Waals surface area contributed by atoms with Crippen molar-refractivity contribution in [3.8, 4) is 0 Å². The third-order valence-corrected chi connectivity index (χ3v) is 5.31. The average Bonchev–Trinajstić information content (AvgIpc) is 2.14. The molecule has 1 fully saturated rings. The first-order valence-corrected chi connectivity index (χ1v) is 6.68. The normalized spacial score (nSPS) is 40.4. The lowest BCUT2D eigenvalue weighted by Gasteiger charge is -2.55. The highest BCUT2D eigenvalue weighted by Gasteiger charge is 2.54. The fraction of sp³-hybridized carbons (Fsp3) is 0.800. The van der Waals surface area contributed by atoms with Crippen LogP contribution in [0.4, 0.5) is 0 Å². The van der Waals surface area contributed by atoms with Gasteiger partial charge in [-0.25, -0.2) is 0 Å². The van der Waals surface area contributed by atoms with E-state index in [2.05, 4.69) is 26.8 Å². The molecule has 0 bridgehead atoms. The van der Waals surface area contributed by atoms with E-state index in [-0.39, 0.29) is 16.7 Å². The van der Waals surface area contributed by atoms with Gasteiger partial charge in [-0.3, -0.25) is 4.79 Å². The summed E-state index contributed by atoms with van der Waals surface area (Å²) in [7, 11) is 0. The number of carbonyl (C=O) groups is 1. The molecule has 2 aliphatic rings. The summed E-state index contributed by atoms with van der Waals surface area (Å²) in [5, 5.41) is 9.54. The Morgan fingerprint density at radius 2 is 2.00 bits per heavy atom. The van der Waals surface area contributed by atoms with Crippen LogP contribution in [0.1, 0.15) is 53.4 Å². The highest BCUT2D eigenvalue weighted by Crippen LogP contribution is 2.59. The van der Waals surface area contributed by atoms with Crippen LogP contribution >= 0.6 is 0 Å². The van der Waals surface area contributed by atoms with Gasteiger partial charge in [0.2, 0.25) is 0 Å². The predicted molar refractivity (Wildman–Crippen MR) is 68.7 cm³/mol. The second-order valence-electron chi connectivity index (χ2n) is 6.86. The van der Waals surface area contributed by atoms with Crippen LogP contribution in [0.25, 0.3) is 0 Å². The number of aliphatic carboxylic acids is 1. The highest BCUT2D eigenvalue weighted by molar-refractivity contribution is 5.75. The lowest BCUT2D eigenvalue weighted by atomic mass is 9.49. The average molecular weight is 236 g/mol. The molecule has 0 aromatic heterocycles. The summed E-state index contributed by atoms with van der Waals surface area (Å²) in [5.74, 6) is -0.405. The van der Waals surface area contributed by atoms with E-state index in [9.17, 15) is 9.90 Å². The maximum atomic E-state index is 11.6. The van der Waals surface area contributed by atoms with E-state index in [1.54, 1.807) is 0 Å². The molecule has 2 aliphatic carbocycles. The van der Waals surface area contributed by atoms with Gasteiger partial charge >= 0.3 is 5.97 Å². The molecule has 0 unspecified atom stereocenters. The monoisotopic (exact) mass is 236 g/mol. The van der Waals surface area contributed by atoms with E-state index in [4.69, 9.17) is 0 Å². The van der Waals surface area contributed by atoms with Crippen molar-refractivity contribution < 1.29 is 9.90 Å². The molecule has 17 heavy (non-hydrogen) atoms. The molecule has 0 radical (unpaired) electrons. The standard InChI is InChI=1S/C15H24O2/c1-10-6-7-11-14(2,3)8-5-9-15(11,4)12(10)13(16)17/h6,11-12H,5,7-9H2,1-4H3,(H,16,17)/t11-,12+,15-/m0/s1. The summed E-state index contributed by atoms with van der Waals surface area (Å²) in [6, 6.07) is 0. The first kappa shape index (κ1) is 12.7. The highest BCUT2D eigenvalue weighted by atomic mass is 16.4. The van der Waals surface area contributed by atoms with E-state index < -0.39 is 5.97 Å². The molecule has 1 saturated carbocycles. The molecular weight excluding hydrogens is 212 g/mol. The molecule has 0 heterocycles. The topological polar surface area (TPSA) is 37.3 Å². The molecule has 2 nitrogen and oxygen atoms in total. The number of allylic oxidation sites excluding steroid dienone is 1. The molecule has 2 heteroatoms. The van der Waals surface area contributed by atoms with Crippen LogP contribution in [0.5, 0.6) is 0 Å². The minimum Gasteiger partial charge on any atom is -0.481 e. The van der Waals surface area contributed by atoms with Gasteiger partial charge < -0.3 is 5.11 Å². The molecule has 2 rings (SSSR count). The van der Waals surface area contributed by atoms with Crippen LogP contribution in [0.15, 0.2) is 11.6 Å². The van der Waals surface area contributed by atoms with Gasteiger partial charge in [0, 0.05) is 0 Å². The smallest absolute Gasteiger partial charge is 0.311 e. The third kappa shape index (κ3) is 1.82. The van der Waals surface area contributed by atoms with E-state index in [1.165, 1.54) is 6.42 Å². The van der Waals surface area contributed by atoms with Crippen molar-refractivity contribution in [2.24, 2.45) is 22.7 Å². The maximum Gasteiger partial charge on any atom is 0.311 e. The Balaban J connectivity index is 2.46. The third-order valence-electron chi connectivity index (χ3n) is 5.31. The molecule has 1 N–H and O–H groups in total. The number of rotatable bonds is 1. The first-order valence-electron chi connectivity index (χ1n) is 6.68. The zero-order valence-electron chi connectivity index (χ0n) is 11.4. The Kier molecular flexibility index (Phi) is 2.87. The Morgan fingerprint density at radius 3 is 2.59 bits per heavy atom. The van der Waals surface area contributed by atoms with E-state index >= 15 is 0 Å². The van der Waals surface area contributed by atoms with Crippen LogP contribution in [0.2, 0.25) is 0 Å². The van der Waals surface area contributed by atoms with Crippen LogP contribution in [-0.4, -0.2) is 11.1 Å². The van der Waals surface area contributed by atoms with Crippen molar-refractivity contribution in [3.05, 3.63) is 11.6 Å². The molecule has 0 aliphatic heterocycles. The Labute approximate surface area is 104 Å². The van der Waals surface area contributed by atoms with Gasteiger partial charge in [0.1, 0.15) is 0 Å². The zero-order valence-corrected chi connectivity index (χ0v) is 11.4. The number of carboxylic acids is 1. The van der Waals surface area contributed by atoms with Gasteiger partial charge in [-0.15, -0.1) is 0 Å². The molecule has 0 spiro atoms. The summed E-state index contributed by atoms with van der Waals surface area (Å²) in [6.07, 6.45) is 6.67. The van der Waals surface area contributed by atoms with Crippen molar-refractivity contribution >= 4 is 5.97 Å². The Hall–Kier alpha value is -0.790. The first-order chi connectivity index (χ1) is 7.79. The van der Waals surface area contributed by atoms with E-state index in [1.807, 2.05) is 6.92 Å². The fourth-order valence-corrected chi connectivity index (χ4v) is 4.52. The summed E-state index contributed by atoms with van der Waals surface area (Å²) in [4.78, 5) is 11.6. The minimum atomic E-state index is -0.636. The van der Waals surface area contributed by atoms with E-state index in [0.29, 0.717) is 5.92 Å². The summed E-state index contributed by atoms with van der Waals surface area (Å²) in [5.41, 5.74) is 1.29. The lowest BCUT2D eigenvalue weighted by Crippen LogP contribution is -2.50. The fourth-order valence-electron chi connectivity index (χ4n) is 4.52. The van der Waals surface area contributed by atoms with Crippen LogP contribution in [0, 0.1) is 22.7 Å². The molecule has 0 aromatic carbocycles. The molecule has 96 valence electrons. The predicted octanol–water partition coefficient (Wildman–Crippen LogP) is 3.87. The van der Waals surface area contributed by atoms with Gasteiger partial charge in [0.25, 0.3) is 0 Å². The molecule has 0 saturated heterocycles. The molecular formula is C15H24O2. The van der Waals surface area contributed by atoms with E-state index in [0.717, 1.165) is 24.8 Å². The zero-order chi connectivity index (χ0) is 12.8. The van der Waals surface area contributed by atoms with Gasteiger partial charge in [-0.05, 0) is 42.9 Å². The second-order valence-corrected chi connectivity index (χ2v) is 6.86. The number of carboxylic acid groups (broad SMARTS) is 1. The molecule has 0 aromatic rings. The maximum absolute atomic E-state index is 11.6. The van der Waals surface area contributed by atoms with Crippen molar-refractivity contribution in [2.75, 3.05) is 0 Å². The number of hydrogen-bond donors (Lipinski definition) is 1. The summed E-state index contributed by atoms with van der Waals surface area (Å²) in [6.45, 7) is 8.81. The summed E-state index contributed by atoms with van der Waals surface area (Å²) >= 11 is 0. The van der Waals surface area contributed by atoms with Crippen LogP contribution in [0.3, 0.4) is 0 Å². The Morgan fingerprint density at radius 1 is 1.35 bits per heavy atom. The summed E-state index contributed by atoms with van der Waals surface area (Å²) < 4.78 is 0. The van der Waals surface area contributed by atoms with Crippen LogP contribution < -0.4 is 0 Å². The lowest BCUT2D eigenvalue weighted by molar-refractivity contribution is -0.150. The van der Waals surface area contributed by atoms with Crippen molar-refractivity contribution in [1.82, 2.24) is 0 Å². The Bertz CT molecular complexity index is 367. The number of fused-ring (bicyclic) bond motifs is 1. The quantitative estimate of drug-likeness (QED) is 0.702. The van der Waals surface area contributed by atoms with Gasteiger partial charge in [0.15, 0.2) is 0 Å². The van der Waals surface area contributed by atoms with Gasteiger partial charge in [0.05, 0.1) is 5.92 Å².